The maximum absolute atomic E-state index is 8.90. The number of rotatable bonds is 4. The average molecular weight is 323 g/mol. The number of halogens is 1. The van der Waals surface area contributed by atoms with Crippen LogP contribution in [0.15, 0.2) is 22.0 Å². The summed E-state index contributed by atoms with van der Waals surface area (Å²) in [5.41, 5.74) is 0.400. The predicted octanol–water partition coefficient (Wildman–Crippen LogP) is 3.35. The number of thiophene rings is 1. The van der Waals surface area contributed by atoms with E-state index in [1.54, 1.807) is 17.4 Å². The van der Waals surface area contributed by atoms with Gasteiger partial charge in [-0.25, -0.2) is 9.97 Å². The maximum Gasteiger partial charge on any atom is 0.146 e. The van der Waals surface area contributed by atoms with Gasteiger partial charge < -0.3 is 5.32 Å². The molecule has 0 aliphatic heterocycles. The first kappa shape index (κ1) is 13.0. The van der Waals surface area contributed by atoms with Crippen LogP contribution in [0.3, 0.4) is 0 Å². The standard InChI is InChI=1S/C12H11BrN4S/c1-2-11-16-9(5-14)4-12(17-11)15-6-10-3-8(13)7-18-10/h3-4,7H,2,6H2,1H3,(H,15,16,17). The van der Waals surface area contributed by atoms with Gasteiger partial charge in [-0.3, -0.25) is 0 Å². The number of hydrogen-bond donors (Lipinski definition) is 1. The van der Waals surface area contributed by atoms with E-state index < -0.39 is 0 Å². The summed E-state index contributed by atoms with van der Waals surface area (Å²) in [7, 11) is 0. The minimum absolute atomic E-state index is 0.400. The Balaban J connectivity index is 2.11. The van der Waals surface area contributed by atoms with Gasteiger partial charge in [-0.1, -0.05) is 6.92 Å². The van der Waals surface area contributed by atoms with Crippen molar-refractivity contribution in [3.8, 4) is 6.07 Å². The molecule has 0 saturated carbocycles. The molecule has 2 aromatic heterocycles. The lowest BCUT2D eigenvalue weighted by atomic mass is 10.3. The summed E-state index contributed by atoms with van der Waals surface area (Å²) in [4.78, 5) is 9.66. The van der Waals surface area contributed by atoms with Gasteiger partial charge in [0.2, 0.25) is 0 Å². The minimum Gasteiger partial charge on any atom is -0.365 e. The van der Waals surface area contributed by atoms with Crippen molar-refractivity contribution in [1.82, 2.24) is 9.97 Å². The van der Waals surface area contributed by atoms with E-state index >= 15 is 0 Å². The van der Waals surface area contributed by atoms with Crippen LogP contribution in [0.2, 0.25) is 0 Å². The molecule has 2 heterocycles. The zero-order valence-electron chi connectivity index (χ0n) is 9.77. The van der Waals surface area contributed by atoms with E-state index in [2.05, 4.69) is 37.3 Å². The van der Waals surface area contributed by atoms with Gasteiger partial charge in [0.05, 0.1) is 6.54 Å². The van der Waals surface area contributed by atoms with Crippen LogP contribution < -0.4 is 5.32 Å². The molecule has 2 rings (SSSR count). The number of aromatic nitrogens is 2. The third kappa shape index (κ3) is 3.28. The quantitative estimate of drug-likeness (QED) is 0.937. The van der Waals surface area contributed by atoms with E-state index in [0.717, 1.165) is 10.9 Å². The zero-order valence-corrected chi connectivity index (χ0v) is 12.2. The molecule has 6 heteroatoms. The van der Waals surface area contributed by atoms with E-state index in [4.69, 9.17) is 5.26 Å². The Hall–Kier alpha value is -1.45. The molecule has 1 N–H and O–H groups in total. The fourth-order valence-electron chi connectivity index (χ4n) is 1.43. The van der Waals surface area contributed by atoms with E-state index in [9.17, 15) is 0 Å². The van der Waals surface area contributed by atoms with Crippen molar-refractivity contribution in [2.24, 2.45) is 0 Å². The number of aryl methyl sites for hydroxylation is 1. The SMILES string of the molecule is CCc1nc(C#N)cc(NCc2cc(Br)cs2)n1. The summed E-state index contributed by atoms with van der Waals surface area (Å²) in [6.07, 6.45) is 0.717. The van der Waals surface area contributed by atoms with Gasteiger partial charge in [-0.2, -0.15) is 5.26 Å². The first-order chi connectivity index (χ1) is 8.71. The van der Waals surface area contributed by atoms with E-state index in [0.29, 0.717) is 23.9 Å². The third-order valence-electron chi connectivity index (χ3n) is 2.27. The Morgan fingerprint density at radius 3 is 2.89 bits per heavy atom. The Morgan fingerprint density at radius 1 is 1.44 bits per heavy atom. The number of nitrogens with one attached hydrogen (secondary N) is 1. The van der Waals surface area contributed by atoms with Gasteiger partial charge in [0.25, 0.3) is 0 Å². The normalized spacial score (nSPS) is 10.1. The van der Waals surface area contributed by atoms with E-state index in [1.807, 2.05) is 18.4 Å². The van der Waals surface area contributed by atoms with Crippen molar-refractivity contribution in [3.05, 3.63) is 38.4 Å². The van der Waals surface area contributed by atoms with Gasteiger partial charge in [0.1, 0.15) is 23.4 Å². The Bertz CT molecular complexity index is 588. The maximum atomic E-state index is 8.90. The first-order valence-electron chi connectivity index (χ1n) is 5.46. The highest BCUT2D eigenvalue weighted by Gasteiger charge is 2.04. The summed E-state index contributed by atoms with van der Waals surface area (Å²) in [6.45, 7) is 2.66. The van der Waals surface area contributed by atoms with Crippen molar-refractivity contribution in [2.45, 2.75) is 19.9 Å². The van der Waals surface area contributed by atoms with Crippen LogP contribution in [0.1, 0.15) is 23.3 Å². The van der Waals surface area contributed by atoms with Crippen LogP contribution in [0.5, 0.6) is 0 Å². The average Bonchev–Trinajstić information content (AvgIpc) is 2.81. The highest BCUT2D eigenvalue weighted by Crippen LogP contribution is 2.20. The number of nitriles is 1. The van der Waals surface area contributed by atoms with Gasteiger partial charge >= 0.3 is 0 Å². The number of hydrogen-bond acceptors (Lipinski definition) is 5. The topological polar surface area (TPSA) is 61.6 Å². The molecule has 18 heavy (non-hydrogen) atoms. The fraction of sp³-hybridized carbons (Fsp3) is 0.250. The molecule has 0 bridgehead atoms. The van der Waals surface area contributed by atoms with Crippen LogP contribution in [-0.2, 0) is 13.0 Å². The summed E-state index contributed by atoms with van der Waals surface area (Å²) in [5.74, 6) is 1.38. The van der Waals surface area contributed by atoms with Crippen molar-refractivity contribution >= 4 is 33.1 Å². The Morgan fingerprint density at radius 2 is 2.28 bits per heavy atom. The highest BCUT2D eigenvalue weighted by atomic mass is 79.9. The second-order valence-corrected chi connectivity index (χ2v) is 5.52. The second-order valence-electron chi connectivity index (χ2n) is 3.60. The highest BCUT2D eigenvalue weighted by molar-refractivity contribution is 9.10. The van der Waals surface area contributed by atoms with E-state index in [1.165, 1.54) is 4.88 Å². The van der Waals surface area contributed by atoms with Crippen LogP contribution in [0.25, 0.3) is 0 Å². The second kappa shape index (κ2) is 5.94. The predicted molar refractivity (Wildman–Crippen MR) is 75.5 cm³/mol. The number of anilines is 1. The molecule has 0 aliphatic rings. The molecule has 4 nitrogen and oxygen atoms in total. The summed E-state index contributed by atoms with van der Waals surface area (Å²) < 4.78 is 1.08. The summed E-state index contributed by atoms with van der Waals surface area (Å²) in [5, 5.41) is 14.1. The molecule has 0 atom stereocenters. The van der Waals surface area contributed by atoms with Crippen molar-refractivity contribution in [3.63, 3.8) is 0 Å². The monoisotopic (exact) mass is 322 g/mol. The molecule has 0 aromatic carbocycles. The van der Waals surface area contributed by atoms with Crippen LogP contribution in [0, 0.1) is 11.3 Å². The molecule has 92 valence electrons. The summed E-state index contributed by atoms with van der Waals surface area (Å²) in [6, 6.07) is 5.78. The molecule has 2 aromatic rings. The molecular formula is C12H11BrN4S. The summed E-state index contributed by atoms with van der Waals surface area (Å²) >= 11 is 5.09. The van der Waals surface area contributed by atoms with Gasteiger partial charge in [-0.15, -0.1) is 11.3 Å². The van der Waals surface area contributed by atoms with E-state index in [-0.39, 0.29) is 0 Å². The molecular weight excluding hydrogens is 312 g/mol. The molecule has 0 unspecified atom stereocenters. The lowest BCUT2D eigenvalue weighted by molar-refractivity contribution is 0.925. The smallest absolute Gasteiger partial charge is 0.146 e. The third-order valence-corrected chi connectivity index (χ3v) is 3.97. The van der Waals surface area contributed by atoms with Crippen LogP contribution in [-0.4, -0.2) is 9.97 Å². The minimum atomic E-state index is 0.400. The fourth-order valence-corrected chi connectivity index (χ4v) is 2.82. The van der Waals surface area contributed by atoms with Crippen molar-refractivity contribution in [2.75, 3.05) is 5.32 Å². The molecule has 0 spiro atoms. The van der Waals surface area contributed by atoms with Gasteiger partial charge in [0, 0.05) is 27.2 Å². The van der Waals surface area contributed by atoms with Crippen molar-refractivity contribution < 1.29 is 0 Å². The number of nitrogens with zero attached hydrogens (tertiary/aromatic N) is 3. The zero-order chi connectivity index (χ0) is 13.0. The van der Waals surface area contributed by atoms with Crippen molar-refractivity contribution in [1.29, 1.82) is 5.26 Å². The molecule has 0 amide bonds. The Labute approximate surface area is 118 Å². The lowest BCUT2D eigenvalue weighted by Crippen LogP contribution is -2.04. The molecule has 0 fully saturated rings. The van der Waals surface area contributed by atoms with Gasteiger partial charge in [-0.05, 0) is 22.0 Å². The van der Waals surface area contributed by atoms with Crippen LogP contribution >= 0.6 is 27.3 Å². The molecule has 0 aliphatic carbocycles. The lowest BCUT2D eigenvalue weighted by Gasteiger charge is -2.05. The molecule has 0 radical (unpaired) electrons. The van der Waals surface area contributed by atoms with Crippen LogP contribution in [0.4, 0.5) is 5.82 Å². The molecule has 0 saturated heterocycles. The first-order valence-corrected chi connectivity index (χ1v) is 7.13. The largest absolute Gasteiger partial charge is 0.365 e. The Kier molecular flexibility index (Phi) is 4.28. The van der Waals surface area contributed by atoms with Gasteiger partial charge in [0.15, 0.2) is 0 Å².